The van der Waals surface area contributed by atoms with Crippen molar-refractivity contribution < 1.29 is 18.7 Å². The van der Waals surface area contributed by atoms with Crippen molar-refractivity contribution in [1.82, 2.24) is 5.32 Å². The number of carbonyl (C=O) groups excluding carboxylic acids is 1. The Kier molecular flexibility index (Phi) is 4.64. The number of esters is 1. The highest BCUT2D eigenvalue weighted by atomic mass is 79.9. The third-order valence-corrected chi connectivity index (χ3v) is 5.27. The summed E-state index contributed by atoms with van der Waals surface area (Å²) in [5.41, 5.74) is -0.161. The van der Waals surface area contributed by atoms with Crippen LogP contribution >= 0.6 is 27.3 Å². The predicted molar refractivity (Wildman–Crippen MR) is 93.3 cm³/mol. The molecule has 0 radical (unpaired) electrons. The van der Waals surface area contributed by atoms with E-state index in [9.17, 15) is 9.18 Å². The highest BCUT2D eigenvalue weighted by molar-refractivity contribution is 9.11. The minimum atomic E-state index is -0.912. The zero-order valence-corrected chi connectivity index (χ0v) is 15.5. The summed E-state index contributed by atoms with van der Waals surface area (Å²) >= 11 is 4.89. The number of hydrogen-bond donors (Lipinski definition) is 1. The van der Waals surface area contributed by atoms with Gasteiger partial charge in [-0.3, -0.25) is 4.79 Å². The van der Waals surface area contributed by atoms with Crippen molar-refractivity contribution >= 4 is 39.0 Å². The first-order valence-electron chi connectivity index (χ1n) is 7.35. The fraction of sp³-hybridized carbons (Fsp3) is 0.235. The fourth-order valence-corrected chi connectivity index (χ4v) is 3.88. The summed E-state index contributed by atoms with van der Waals surface area (Å²) in [6.45, 7) is 3.27. The molecule has 1 aliphatic heterocycles. The summed E-state index contributed by atoms with van der Waals surface area (Å²) in [6, 6.07) is 9.85. The Morgan fingerprint density at radius 1 is 1.33 bits per heavy atom. The molecule has 0 saturated heterocycles. The van der Waals surface area contributed by atoms with E-state index in [1.165, 1.54) is 30.4 Å². The number of ether oxygens (including phenoxy) is 2. The largest absolute Gasteiger partial charge is 0.457 e. The van der Waals surface area contributed by atoms with E-state index in [1.807, 2.05) is 19.1 Å². The van der Waals surface area contributed by atoms with Crippen LogP contribution in [0.2, 0.25) is 0 Å². The van der Waals surface area contributed by atoms with Gasteiger partial charge in [-0.25, -0.2) is 4.39 Å². The molecule has 1 aromatic heterocycles. The lowest BCUT2D eigenvalue weighted by atomic mass is 10.0. The van der Waals surface area contributed by atoms with Crippen molar-refractivity contribution in [2.45, 2.75) is 26.0 Å². The lowest BCUT2D eigenvalue weighted by Crippen LogP contribution is -2.39. The molecule has 3 rings (SSSR count). The molecule has 0 aliphatic carbocycles. The first-order valence-corrected chi connectivity index (χ1v) is 8.96. The second-order valence-electron chi connectivity index (χ2n) is 5.27. The summed E-state index contributed by atoms with van der Waals surface area (Å²) < 4.78 is 25.7. The molecule has 1 atom stereocenters. The lowest BCUT2D eigenvalue weighted by molar-refractivity contribution is -0.137. The zero-order chi connectivity index (χ0) is 17.3. The average molecular weight is 412 g/mol. The van der Waals surface area contributed by atoms with E-state index in [-0.39, 0.29) is 11.7 Å². The van der Waals surface area contributed by atoms with Gasteiger partial charge in [0.15, 0.2) is 5.76 Å². The van der Waals surface area contributed by atoms with Crippen molar-refractivity contribution in [3.8, 4) is 0 Å². The molecule has 126 valence electrons. The number of hydrogen-bond acceptors (Lipinski definition) is 5. The number of carbonyl (C=O) groups is 1. The summed E-state index contributed by atoms with van der Waals surface area (Å²) in [7, 11) is 0. The maximum Gasteiger partial charge on any atom is 0.309 e. The minimum absolute atomic E-state index is 0.267. The van der Waals surface area contributed by atoms with Gasteiger partial charge in [-0.1, -0.05) is 19.1 Å². The molecule has 7 heteroatoms. The standard InChI is InChI=1S/C17H15BrFNO3S/c1-3-17(11-4-6-12(19)7-5-11)20-16(22-10(2)21)15(23-17)13-8-9-14(18)24-13/h4-9,20H,3H2,1-2H3. The van der Waals surface area contributed by atoms with Crippen LogP contribution in [0.25, 0.3) is 5.76 Å². The zero-order valence-electron chi connectivity index (χ0n) is 13.1. The normalized spacial score (nSPS) is 19.8. The van der Waals surface area contributed by atoms with Gasteiger partial charge < -0.3 is 14.8 Å². The van der Waals surface area contributed by atoms with E-state index in [4.69, 9.17) is 9.47 Å². The van der Waals surface area contributed by atoms with Crippen LogP contribution in [0.4, 0.5) is 4.39 Å². The molecule has 1 unspecified atom stereocenters. The second kappa shape index (κ2) is 6.57. The second-order valence-corrected chi connectivity index (χ2v) is 7.73. The number of halogens is 2. The Bertz CT molecular complexity index is 802. The smallest absolute Gasteiger partial charge is 0.309 e. The molecular formula is C17H15BrFNO3S. The minimum Gasteiger partial charge on any atom is -0.457 e. The monoisotopic (exact) mass is 411 g/mol. The first-order chi connectivity index (χ1) is 11.4. The molecule has 2 heterocycles. The van der Waals surface area contributed by atoms with Gasteiger partial charge in [0.1, 0.15) is 5.82 Å². The van der Waals surface area contributed by atoms with Crippen LogP contribution in [0.1, 0.15) is 30.7 Å². The van der Waals surface area contributed by atoms with E-state index in [0.717, 1.165) is 14.2 Å². The van der Waals surface area contributed by atoms with E-state index in [0.29, 0.717) is 12.2 Å². The lowest BCUT2D eigenvalue weighted by Gasteiger charge is -2.29. The molecule has 0 amide bonds. The number of benzene rings is 1. The first kappa shape index (κ1) is 17.0. The van der Waals surface area contributed by atoms with Crippen molar-refractivity contribution in [3.63, 3.8) is 0 Å². The van der Waals surface area contributed by atoms with Crippen LogP contribution in [-0.2, 0) is 20.0 Å². The number of thiophene rings is 1. The van der Waals surface area contributed by atoms with E-state index < -0.39 is 11.7 Å². The van der Waals surface area contributed by atoms with E-state index >= 15 is 0 Å². The van der Waals surface area contributed by atoms with Gasteiger partial charge in [0.2, 0.25) is 11.6 Å². The third kappa shape index (κ3) is 3.18. The quantitative estimate of drug-likeness (QED) is 0.739. The van der Waals surface area contributed by atoms with Crippen LogP contribution in [0.15, 0.2) is 46.1 Å². The Balaban J connectivity index is 2.02. The Hall–Kier alpha value is -1.86. The van der Waals surface area contributed by atoms with Crippen LogP contribution in [0.3, 0.4) is 0 Å². The third-order valence-electron chi connectivity index (χ3n) is 3.65. The highest BCUT2D eigenvalue weighted by Crippen LogP contribution is 2.42. The molecule has 0 bridgehead atoms. The molecule has 1 aliphatic rings. The Morgan fingerprint density at radius 2 is 2.04 bits per heavy atom. The highest BCUT2D eigenvalue weighted by Gasteiger charge is 2.43. The van der Waals surface area contributed by atoms with Crippen molar-refractivity contribution in [2.24, 2.45) is 0 Å². The topological polar surface area (TPSA) is 47.6 Å². The molecule has 1 N–H and O–H groups in total. The summed E-state index contributed by atoms with van der Waals surface area (Å²) in [6.07, 6.45) is 0.555. The average Bonchev–Trinajstić information content (AvgIpc) is 3.12. The maximum atomic E-state index is 13.3. The van der Waals surface area contributed by atoms with Crippen molar-refractivity contribution in [3.05, 3.63) is 62.3 Å². The van der Waals surface area contributed by atoms with Gasteiger partial charge in [0.25, 0.3) is 0 Å². The van der Waals surface area contributed by atoms with Gasteiger partial charge in [-0.15, -0.1) is 11.3 Å². The molecule has 24 heavy (non-hydrogen) atoms. The van der Waals surface area contributed by atoms with E-state index in [1.54, 1.807) is 12.1 Å². The van der Waals surface area contributed by atoms with Gasteiger partial charge in [-0.05, 0) is 40.2 Å². The van der Waals surface area contributed by atoms with Gasteiger partial charge in [-0.2, -0.15) is 0 Å². The summed E-state index contributed by atoms with van der Waals surface area (Å²) in [5.74, 6) is -0.0334. The number of nitrogens with one attached hydrogen (secondary N) is 1. The SMILES string of the molecule is CCC1(c2ccc(F)cc2)NC(OC(C)=O)=C(c2ccc(Br)s2)O1. The molecular weight excluding hydrogens is 397 g/mol. The molecule has 2 aromatic rings. The molecule has 0 spiro atoms. The Morgan fingerprint density at radius 3 is 2.58 bits per heavy atom. The van der Waals surface area contributed by atoms with Crippen LogP contribution in [0, 0.1) is 5.82 Å². The number of rotatable bonds is 4. The summed E-state index contributed by atoms with van der Waals surface area (Å²) in [4.78, 5) is 12.3. The molecule has 1 aromatic carbocycles. The van der Waals surface area contributed by atoms with Crippen LogP contribution < -0.4 is 5.32 Å². The van der Waals surface area contributed by atoms with E-state index in [2.05, 4.69) is 21.2 Å². The van der Waals surface area contributed by atoms with Crippen molar-refractivity contribution in [2.75, 3.05) is 0 Å². The van der Waals surface area contributed by atoms with Crippen molar-refractivity contribution in [1.29, 1.82) is 0 Å². The van der Waals surface area contributed by atoms with Crippen LogP contribution in [-0.4, -0.2) is 5.97 Å². The van der Waals surface area contributed by atoms with Gasteiger partial charge >= 0.3 is 5.97 Å². The predicted octanol–water partition coefficient (Wildman–Crippen LogP) is 4.72. The maximum absolute atomic E-state index is 13.3. The molecule has 4 nitrogen and oxygen atoms in total. The van der Waals surface area contributed by atoms with Gasteiger partial charge in [0, 0.05) is 18.9 Å². The van der Waals surface area contributed by atoms with Gasteiger partial charge in [0.05, 0.1) is 8.66 Å². The fourth-order valence-electron chi connectivity index (χ4n) is 2.52. The van der Waals surface area contributed by atoms with Crippen LogP contribution in [0.5, 0.6) is 0 Å². The molecule has 0 fully saturated rings. The summed E-state index contributed by atoms with van der Waals surface area (Å²) in [5, 5.41) is 3.16. The molecule has 0 saturated carbocycles. The Labute approximate surface area is 151 Å².